The quantitative estimate of drug-likeness (QED) is 0.875. The molecule has 2 aliphatic rings. The van der Waals surface area contributed by atoms with Gasteiger partial charge in [-0.25, -0.2) is 5.43 Å². The van der Waals surface area contributed by atoms with Gasteiger partial charge in [-0.05, 0) is 44.1 Å². The maximum Gasteiger partial charge on any atom is 0.248 e. The molecule has 2 N–H and O–H groups in total. The molecule has 23 heavy (non-hydrogen) atoms. The van der Waals surface area contributed by atoms with Crippen molar-refractivity contribution in [3.63, 3.8) is 0 Å². The average Bonchev–Trinajstić information content (AvgIpc) is 3.18. The molecule has 3 atom stereocenters. The molecule has 0 radical (unpaired) electrons. The molecule has 0 aromatic heterocycles. The summed E-state index contributed by atoms with van der Waals surface area (Å²) >= 11 is 0. The lowest BCUT2D eigenvalue weighted by molar-refractivity contribution is -0.125. The molecule has 5 heteroatoms. The van der Waals surface area contributed by atoms with Gasteiger partial charge in [-0.1, -0.05) is 30.3 Å². The van der Waals surface area contributed by atoms with Crippen LogP contribution >= 0.6 is 0 Å². The standard InChI is InChI=1S/C18H23N3O2/c1-12-16(18(23)21-20-12)9-10-19-17(22)15-8-7-14(11-15)13-5-3-2-4-6-13/h2-6,14-16H,7-11H2,1H3,(H,19,22)(H,21,23)/t14-,15-,16?/m1/s1. The SMILES string of the molecule is CC1=NNC(=O)C1CCNC(=O)[C@@H]1CC[C@@H](c2ccccc2)C1. The Balaban J connectivity index is 1.45. The maximum atomic E-state index is 12.3. The normalized spacial score (nSPS) is 26.7. The van der Waals surface area contributed by atoms with Crippen LogP contribution in [0.3, 0.4) is 0 Å². The molecule has 1 unspecified atom stereocenters. The second-order valence-corrected chi connectivity index (χ2v) is 6.48. The molecule has 0 bridgehead atoms. The summed E-state index contributed by atoms with van der Waals surface area (Å²) in [5, 5.41) is 6.91. The van der Waals surface area contributed by atoms with Crippen molar-refractivity contribution in [1.29, 1.82) is 0 Å². The van der Waals surface area contributed by atoms with Gasteiger partial charge in [0.2, 0.25) is 11.8 Å². The van der Waals surface area contributed by atoms with E-state index in [-0.39, 0.29) is 23.7 Å². The fourth-order valence-corrected chi connectivity index (χ4v) is 3.56. The molecule has 1 aromatic carbocycles. The monoisotopic (exact) mass is 313 g/mol. The molecule has 122 valence electrons. The summed E-state index contributed by atoms with van der Waals surface area (Å²) in [7, 11) is 0. The summed E-state index contributed by atoms with van der Waals surface area (Å²) < 4.78 is 0. The Labute approximate surface area is 136 Å². The molecule has 5 nitrogen and oxygen atoms in total. The van der Waals surface area contributed by atoms with E-state index in [9.17, 15) is 9.59 Å². The minimum absolute atomic E-state index is 0.0678. The summed E-state index contributed by atoms with van der Waals surface area (Å²) in [6, 6.07) is 10.4. The number of benzene rings is 1. The minimum Gasteiger partial charge on any atom is -0.356 e. The first-order valence-electron chi connectivity index (χ1n) is 8.32. The van der Waals surface area contributed by atoms with E-state index in [4.69, 9.17) is 0 Å². The van der Waals surface area contributed by atoms with Crippen LogP contribution in [0.4, 0.5) is 0 Å². The third-order valence-corrected chi connectivity index (χ3v) is 4.97. The Morgan fingerprint density at radius 1 is 1.30 bits per heavy atom. The van der Waals surface area contributed by atoms with E-state index in [0.717, 1.165) is 25.0 Å². The van der Waals surface area contributed by atoms with Crippen LogP contribution in [0.1, 0.15) is 44.1 Å². The highest BCUT2D eigenvalue weighted by atomic mass is 16.2. The zero-order chi connectivity index (χ0) is 16.2. The van der Waals surface area contributed by atoms with E-state index in [0.29, 0.717) is 18.9 Å². The third-order valence-electron chi connectivity index (χ3n) is 4.97. The van der Waals surface area contributed by atoms with Gasteiger partial charge in [0.15, 0.2) is 0 Å². The molecule has 1 aliphatic heterocycles. The Morgan fingerprint density at radius 3 is 2.78 bits per heavy atom. The van der Waals surface area contributed by atoms with Crippen LogP contribution in [0.15, 0.2) is 35.4 Å². The molecule has 1 fully saturated rings. The summed E-state index contributed by atoms with van der Waals surface area (Å²) in [6.45, 7) is 2.36. The fraction of sp³-hybridized carbons (Fsp3) is 0.500. The van der Waals surface area contributed by atoms with Crippen molar-refractivity contribution in [3.05, 3.63) is 35.9 Å². The number of hydrazone groups is 1. The Bertz CT molecular complexity index is 612. The van der Waals surface area contributed by atoms with Crippen LogP contribution in [-0.2, 0) is 9.59 Å². The molecular formula is C18H23N3O2. The highest BCUT2D eigenvalue weighted by Crippen LogP contribution is 2.38. The molecule has 1 saturated carbocycles. The van der Waals surface area contributed by atoms with Gasteiger partial charge in [0.1, 0.15) is 0 Å². The van der Waals surface area contributed by atoms with Crippen molar-refractivity contribution in [3.8, 4) is 0 Å². The first-order valence-corrected chi connectivity index (χ1v) is 8.32. The zero-order valence-corrected chi connectivity index (χ0v) is 13.4. The summed E-state index contributed by atoms with van der Waals surface area (Å²) in [6.07, 6.45) is 3.54. The Kier molecular flexibility index (Phi) is 4.74. The number of carbonyl (C=O) groups is 2. The van der Waals surface area contributed by atoms with Crippen LogP contribution in [-0.4, -0.2) is 24.1 Å². The molecule has 1 aliphatic carbocycles. The van der Waals surface area contributed by atoms with Crippen molar-refractivity contribution in [2.24, 2.45) is 16.9 Å². The van der Waals surface area contributed by atoms with E-state index in [2.05, 4.69) is 40.1 Å². The molecule has 3 rings (SSSR count). The van der Waals surface area contributed by atoms with Gasteiger partial charge in [-0.2, -0.15) is 5.10 Å². The van der Waals surface area contributed by atoms with Crippen molar-refractivity contribution < 1.29 is 9.59 Å². The fourth-order valence-electron chi connectivity index (χ4n) is 3.56. The second kappa shape index (κ2) is 6.94. The number of hydrogen-bond donors (Lipinski definition) is 2. The van der Waals surface area contributed by atoms with Gasteiger partial charge < -0.3 is 5.32 Å². The summed E-state index contributed by atoms with van der Waals surface area (Å²) in [5.41, 5.74) is 4.60. The molecule has 0 saturated heterocycles. The number of amides is 2. The van der Waals surface area contributed by atoms with Gasteiger partial charge in [0.05, 0.1) is 5.92 Å². The lowest BCUT2D eigenvalue weighted by Gasteiger charge is -2.13. The predicted octanol–water partition coefficient (Wildman–Crippen LogP) is 2.20. The van der Waals surface area contributed by atoms with Gasteiger partial charge in [-0.3, -0.25) is 9.59 Å². The van der Waals surface area contributed by atoms with Crippen molar-refractivity contribution in [2.45, 2.75) is 38.5 Å². The van der Waals surface area contributed by atoms with Gasteiger partial charge in [0.25, 0.3) is 0 Å². The van der Waals surface area contributed by atoms with E-state index in [1.807, 2.05) is 13.0 Å². The number of carbonyl (C=O) groups excluding carboxylic acids is 2. The number of rotatable bonds is 5. The van der Waals surface area contributed by atoms with E-state index < -0.39 is 0 Å². The summed E-state index contributed by atoms with van der Waals surface area (Å²) in [4.78, 5) is 23.9. The van der Waals surface area contributed by atoms with Crippen LogP contribution in [0.2, 0.25) is 0 Å². The van der Waals surface area contributed by atoms with Gasteiger partial charge in [0, 0.05) is 18.2 Å². The largest absolute Gasteiger partial charge is 0.356 e. The average molecular weight is 313 g/mol. The molecule has 1 heterocycles. The number of hydrogen-bond acceptors (Lipinski definition) is 3. The molecule has 2 amide bonds. The highest BCUT2D eigenvalue weighted by Gasteiger charge is 2.31. The second-order valence-electron chi connectivity index (χ2n) is 6.48. The van der Waals surface area contributed by atoms with Crippen LogP contribution < -0.4 is 10.7 Å². The molecule has 1 aromatic rings. The lowest BCUT2D eigenvalue weighted by atomic mass is 9.96. The Hall–Kier alpha value is -2.17. The van der Waals surface area contributed by atoms with E-state index in [1.165, 1.54) is 5.56 Å². The minimum atomic E-state index is -0.198. The maximum absolute atomic E-state index is 12.3. The van der Waals surface area contributed by atoms with Gasteiger partial charge >= 0.3 is 0 Å². The third kappa shape index (κ3) is 3.60. The highest BCUT2D eigenvalue weighted by molar-refractivity contribution is 6.06. The first kappa shape index (κ1) is 15.7. The van der Waals surface area contributed by atoms with Crippen molar-refractivity contribution >= 4 is 17.5 Å². The summed E-state index contributed by atoms with van der Waals surface area (Å²) in [5.74, 6) is 0.434. The van der Waals surface area contributed by atoms with Crippen LogP contribution in [0, 0.1) is 11.8 Å². The van der Waals surface area contributed by atoms with Crippen molar-refractivity contribution in [1.82, 2.24) is 10.7 Å². The molecule has 0 spiro atoms. The first-order chi connectivity index (χ1) is 11.1. The predicted molar refractivity (Wildman–Crippen MR) is 88.9 cm³/mol. The van der Waals surface area contributed by atoms with E-state index >= 15 is 0 Å². The number of nitrogens with one attached hydrogen (secondary N) is 2. The van der Waals surface area contributed by atoms with Crippen molar-refractivity contribution in [2.75, 3.05) is 6.54 Å². The van der Waals surface area contributed by atoms with Crippen LogP contribution in [0.5, 0.6) is 0 Å². The Morgan fingerprint density at radius 2 is 2.09 bits per heavy atom. The smallest absolute Gasteiger partial charge is 0.248 e. The zero-order valence-electron chi connectivity index (χ0n) is 13.4. The number of nitrogens with zero attached hydrogens (tertiary/aromatic N) is 1. The van der Waals surface area contributed by atoms with Crippen LogP contribution in [0.25, 0.3) is 0 Å². The lowest BCUT2D eigenvalue weighted by Crippen LogP contribution is -2.33. The topological polar surface area (TPSA) is 70.6 Å². The molecular weight excluding hydrogens is 290 g/mol. The van der Waals surface area contributed by atoms with Gasteiger partial charge in [-0.15, -0.1) is 0 Å². The van der Waals surface area contributed by atoms with E-state index in [1.54, 1.807) is 0 Å².